The Hall–Kier alpha value is -2.10. The van der Waals surface area contributed by atoms with Crippen LogP contribution in [0.5, 0.6) is 0 Å². The third kappa shape index (κ3) is 4.74. The molecular weight excluding hydrogens is 284 g/mol. The highest BCUT2D eigenvalue weighted by Gasteiger charge is 2.10. The fourth-order valence-electron chi connectivity index (χ4n) is 1.74. The van der Waals surface area contributed by atoms with Crippen LogP contribution in [0.15, 0.2) is 21.9 Å². The fraction of sp³-hybridized carbons (Fsp3) is 0.333. The highest BCUT2D eigenvalue weighted by molar-refractivity contribution is 7.10. The molecule has 2 rings (SSSR count). The molecule has 0 aromatic carbocycles. The Balaban J connectivity index is 1.97. The molecule has 0 spiro atoms. The van der Waals surface area contributed by atoms with Crippen molar-refractivity contribution in [2.24, 2.45) is 0 Å². The second-order valence-corrected chi connectivity index (χ2v) is 5.75. The van der Waals surface area contributed by atoms with Gasteiger partial charge in [0.2, 0.25) is 17.5 Å². The number of thiophene rings is 1. The zero-order chi connectivity index (χ0) is 15.1. The van der Waals surface area contributed by atoms with Crippen molar-refractivity contribution >= 4 is 29.4 Å². The molecule has 0 bridgehead atoms. The second kappa shape index (κ2) is 7.62. The highest BCUT2D eigenvalue weighted by atomic mass is 32.1. The second-order valence-electron chi connectivity index (χ2n) is 4.77. The molecule has 0 saturated carbocycles. The van der Waals surface area contributed by atoms with E-state index in [4.69, 9.17) is 9.68 Å². The molecular formula is C15H18N4OS. The largest absolute Gasteiger partial charge is 0.420 e. The van der Waals surface area contributed by atoms with Gasteiger partial charge in [-0.1, -0.05) is 6.07 Å². The minimum absolute atomic E-state index is 0.297. The van der Waals surface area contributed by atoms with E-state index in [0.717, 1.165) is 24.4 Å². The first kappa shape index (κ1) is 15.3. The number of oxazole rings is 1. The van der Waals surface area contributed by atoms with Gasteiger partial charge in [-0.05, 0) is 44.6 Å². The zero-order valence-electron chi connectivity index (χ0n) is 12.2. The van der Waals surface area contributed by atoms with Crippen LogP contribution >= 0.6 is 11.3 Å². The van der Waals surface area contributed by atoms with Crippen LogP contribution in [-0.4, -0.2) is 37.1 Å². The molecule has 21 heavy (non-hydrogen) atoms. The lowest BCUT2D eigenvalue weighted by Crippen LogP contribution is -2.16. The van der Waals surface area contributed by atoms with Crippen molar-refractivity contribution < 1.29 is 4.42 Å². The van der Waals surface area contributed by atoms with Gasteiger partial charge in [-0.15, -0.1) is 11.3 Å². The van der Waals surface area contributed by atoms with Gasteiger partial charge < -0.3 is 14.6 Å². The normalized spacial score (nSPS) is 11.1. The molecule has 2 aromatic rings. The lowest BCUT2D eigenvalue weighted by molar-refractivity contribution is 0.404. The van der Waals surface area contributed by atoms with Crippen LogP contribution in [-0.2, 0) is 0 Å². The lowest BCUT2D eigenvalue weighted by Gasteiger charge is -2.08. The predicted molar refractivity (Wildman–Crippen MR) is 86.1 cm³/mol. The summed E-state index contributed by atoms with van der Waals surface area (Å²) in [6.45, 7) is 1.73. The predicted octanol–water partition coefficient (Wildman–Crippen LogP) is 3.14. The monoisotopic (exact) mass is 302 g/mol. The van der Waals surface area contributed by atoms with Crippen LogP contribution in [0, 0.1) is 11.3 Å². The summed E-state index contributed by atoms with van der Waals surface area (Å²) >= 11 is 1.64. The summed E-state index contributed by atoms with van der Waals surface area (Å²) in [7, 11) is 4.06. The van der Waals surface area contributed by atoms with E-state index in [1.54, 1.807) is 17.4 Å². The molecule has 0 aliphatic rings. The average molecular weight is 302 g/mol. The van der Waals surface area contributed by atoms with Crippen LogP contribution in [0.1, 0.15) is 22.9 Å². The molecule has 1 N–H and O–H groups in total. The number of nitriles is 1. The Morgan fingerprint density at radius 2 is 2.33 bits per heavy atom. The summed E-state index contributed by atoms with van der Waals surface area (Å²) in [6.07, 6.45) is 4.67. The average Bonchev–Trinajstić information content (AvgIpc) is 3.10. The van der Waals surface area contributed by atoms with Gasteiger partial charge in [0.1, 0.15) is 6.07 Å². The van der Waals surface area contributed by atoms with Gasteiger partial charge >= 0.3 is 0 Å². The number of nitrogens with zero attached hydrogens (tertiary/aromatic N) is 3. The van der Waals surface area contributed by atoms with Crippen molar-refractivity contribution in [3.63, 3.8) is 0 Å². The van der Waals surface area contributed by atoms with Gasteiger partial charge in [-0.2, -0.15) is 10.2 Å². The third-order valence-electron chi connectivity index (χ3n) is 2.75. The molecule has 0 atom stereocenters. The topological polar surface area (TPSA) is 65.1 Å². The molecule has 0 amide bonds. The summed E-state index contributed by atoms with van der Waals surface area (Å²) in [6, 6.07) is 6.04. The Kier molecular flexibility index (Phi) is 5.55. The Labute approximate surface area is 128 Å². The Bertz CT molecular complexity index is 623. The standard InChI is InChI=1S/C15H18N4OS/c1-19(2)9-4-8-17-15-13(11-16)18-14(20-15)7-6-12-5-3-10-21-12/h3,5-7,10,17H,4,8-9H2,1-2H3/b7-6+. The van der Waals surface area contributed by atoms with Gasteiger partial charge in [-0.25, -0.2) is 0 Å². The molecule has 0 fully saturated rings. The lowest BCUT2D eigenvalue weighted by atomic mass is 10.4. The summed E-state index contributed by atoms with van der Waals surface area (Å²) in [5, 5.41) is 14.2. The first-order valence-corrected chi connectivity index (χ1v) is 7.58. The van der Waals surface area contributed by atoms with E-state index < -0.39 is 0 Å². The van der Waals surface area contributed by atoms with Gasteiger partial charge in [-0.3, -0.25) is 0 Å². The van der Waals surface area contributed by atoms with Gasteiger partial charge in [0.05, 0.1) is 0 Å². The molecule has 2 heterocycles. The third-order valence-corrected chi connectivity index (χ3v) is 3.59. The maximum Gasteiger partial charge on any atom is 0.232 e. The van der Waals surface area contributed by atoms with Gasteiger partial charge in [0.15, 0.2) is 0 Å². The van der Waals surface area contributed by atoms with Crippen LogP contribution in [0.3, 0.4) is 0 Å². The van der Waals surface area contributed by atoms with Gasteiger partial charge in [0, 0.05) is 17.5 Å². The first-order chi connectivity index (χ1) is 10.2. The van der Waals surface area contributed by atoms with Crippen LogP contribution in [0.4, 0.5) is 5.88 Å². The van der Waals surface area contributed by atoms with Crippen molar-refractivity contribution in [2.75, 3.05) is 32.5 Å². The van der Waals surface area contributed by atoms with Crippen molar-refractivity contribution in [3.8, 4) is 6.07 Å². The van der Waals surface area contributed by atoms with Crippen LogP contribution < -0.4 is 5.32 Å². The minimum Gasteiger partial charge on any atom is -0.420 e. The highest BCUT2D eigenvalue weighted by Crippen LogP contribution is 2.19. The number of rotatable bonds is 7. The van der Waals surface area contributed by atoms with E-state index in [2.05, 4.69) is 15.2 Å². The molecule has 0 saturated heterocycles. The van der Waals surface area contributed by atoms with E-state index in [9.17, 15) is 0 Å². The summed E-state index contributed by atoms with van der Waals surface area (Å²) in [4.78, 5) is 7.39. The van der Waals surface area contributed by atoms with Crippen LogP contribution in [0.25, 0.3) is 12.2 Å². The van der Waals surface area contributed by atoms with Gasteiger partial charge in [0.25, 0.3) is 0 Å². The maximum atomic E-state index is 9.09. The molecule has 2 aromatic heterocycles. The smallest absolute Gasteiger partial charge is 0.232 e. The molecule has 5 nitrogen and oxygen atoms in total. The van der Waals surface area contributed by atoms with E-state index in [1.165, 1.54) is 0 Å². The Morgan fingerprint density at radius 1 is 1.48 bits per heavy atom. The molecule has 0 radical (unpaired) electrons. The number of aromatic nitrogens is 1. The van der Waals surface area contributed by atoms with Crippen molar-refractivity contribution in [1.82, 2.24) is 9.88 Å². The minimum atomic E-state index is 0.297. The molecule has 110 valence electrons. The van der Waals surface area contributed by atoms with Crippen LogP contribution in [0.2, 0.25) is 0 Å². The number of hydrogen-bond donors (Lipinski definition) is 1. The first-order valence-electron chi connectivity index (χ1n) is 6.70. The molecule has 0 aliphatic carbocycles. The van der Waals surface area contributed by atoms with E-state index >= 15 is 0 Å². The summed E-state index contributed by atoms with van der Waals surface area (Å²) in [5.74, 6) is 0.886. The number of hydrogen-bond acceptors (Lipinski definition) is 6. The molecule has 0 aliphatic heterocycles. The fourth-order valence-corrected chi connectivity index (χ4v) is 2.36. The number of anilines is 1. The maximum absolute atomic E-state index is 9.09. The summed E-state index contributed by atoms with van der Waals surface area (Å²) < 4.78 is 5.57. The van der Waals surface area contributed by atoms with Crippen molar-refractivity contribution in [2.45, 2.75) is 6.42 Å². The quantitative estimate of drug-likeness (QED) is 0.796. The molecule has 0 unspecified atom stereocenters. The number of nitrogens with one attached hydrogen (secondary N) is 1. The van der Waals surface area contributed by atoms with E-state index in [-0.39, 0.29) is 0 Å². The van der Waals surface area contributed by atoms with E-state index in [0.29, 0.717) is 17.5 Å². The van der Waals surface area contributed by atoms with Crippen molar-refractivity contribution in [3.05, 3.63) is 34.0 Å². The molecule has 6 heteroatoms. The van der Waals surface area contributed by atoms with Crippen molar-refractivity contribution in [1.29, 1.82) is 5.26 Å². The zero-order valence-corrected chi connectivity index (χ0v) is 13.0. The van der Waals surface area contributed by atoms with E-state index in [1.807, 2.05) is 43.8 Å². The SMILES string of the molecule is CN(C)CCCNc1oc(/C=C/c2cccs2)nc1C#N. The summed E-state index contributed by atoms with van der Waals surface area (Å²) in [5.41, 5.74) is 0.297. The Morgan fingerprint density at radius 3 is 3.00 bits per heavy atom.